The lowest BCUT2D eigenvalue weighted by atomic mass is 9.96. The largest absolute Gasteiger partial charge is 0.356 e. The number of hydrogen-bond donors (Lipinski definition) is 0. The fraction of sp³-hybridized carbons (Fsp3) is 0.364. The van der Waals surface area contributed by atoms with Gasteiger partial charge in [-0.15, -0.1) is 0 Å². The molecule has 0 aliphatic carbocycles. The summed E-state index contributed by atoms with van der Waals surface area (Å²) >= 11 is 0. The number of aryl methyl sites for hydroxylation is 2. The standard InChI is InChI=1S/C22H24N8O/c1-15-25-21-18(13-24-28(21)2)22(26-15)29-11-7-16(8-12-29)14-30-20(31)4-3-19(27-30)17-5-9-23-10-6-17/h3-6,9-10,13,16H,7-8,11-12,14H2,1-2H3. The summed E-state index contributed by atoms with van der Waals surface area (Å²) in [6.07, 6.45) is 7.24. The summed E-state index contributed by atoms with van der Waals surface area (Å²) in [4.78, 5) is 28.0. The molecule has 4 aromatic heterocycles. The number of nitrogens with zero attached hydrogens (tertiary/aromatic N) is 8. The first kappa shape index (κ1) is 19.3. The van der Waals surface area contributed by atoms with Gasteiger partial charge in [0.1, 0.15) is 11.6 Å². The molecule has 0 N–H and O–H groups in total. The Kier molecular flexibility index (Phi) is 4.93. The predicted octanol–water partition coefficient (Wildman–Crippen LogP) is 2.21. The second kappa shape index (κ2) is 7.90. The minimum Gasteiger partial charge on any atom is -0.356 e. The van der Waals surface area contributed by atoms with Gasteiger partial charge in [-0.25, -0.2) is 14.6 Å². The Balaban J connectivity index is 1.32. The van der Waals surface area contributed by atoms with Crippen LogP contribution in [-0.2, 0) is 13.6 Å². The Labute approximate surface area is 179 Å². The smallest absolute Gasteiger partial charge is 0.266 e. The molecule has 0 saturated carbocycles. The van der Waals surface area contributed by atoms with Gasteiger partial charge in [-0.1, -0.05) is 0 Å². The van der Waals surface area contributed by atoms with Gasteiger partial charge in [-0.05, 0) is 43.9 Å². The first-order valence-electron chi connectivity index (χ1n) is 10.5. The molecule has 9 nitrogen and oxygen atoms in total. The van der Waals surface area contributed by atoms with Crippen molar-refractivity contribution >= 4 is 16.9 Å². The zero-order valence-electron chi connectivity index (χ0n) is 17.6. The average molecular weight is 416 g/mol. The Morgan fingerprint density at radius 1 is 1.06 bits per heavy atom. The maximum atomic E-state index is 12.4. The third kappa shape index (κ3) is 3.78. The summed E-state index contributed by atoms with van der Waals surface area (Å²) in [5.41, 5.74) is 2.53. The number of aromatic nitrogens is 7. The SMILES string of the molecule is Cc1nc(N2CCC(Cn3nc(-c4ccncc4)ccc3=O)CC2)c2cnn(C)c2n1. The number of rotatable bonds is 4. The van der Waals surface area contributed by atoms with E-state index in [1.165, 1.54) is 0 Å². The molecular formula is C22H24N8O. The number of hydrogen-bond acceptors (Lipinski definition) is 7. The van der Waals surface area contributed by atoms with Crippen LogP contribution in [0.15, 0.2) is 47.7 Å². The molecule has 9 heteroatoms. The summed E-state index contributed by atoms with van der Waals surface area (Å²) in [6.45, 7) is 4.29. The molecule has 5 heterocycles. The van der Waals surface area contributed by atoms with Gasteiger partial charge < -0.3 is 4.90 Å². The molecule has 0 atom stereocenters. The van der Waals surface area contributed by atoms with Crippen molar-refractivity contribution in [3.8, 4) is 11.3 Å². The van der Waals surface area contributed by atoms with Crippen molar-refractivity contribution in [1.82, 2.24) is 34.5 Å². The van der Waals surface area contributed by atoms with Gasteiger partial charge in [0.2, 0.25) is 0 Å². The predicted molar refractivity (Wildman–Crippen MR) is 118 cm³/mol. The van der Waals surface area contributed by atoms with Gasteiger partial charge in [-0.3, -0.25) is 14.5 Å². The highest BCUT2D eigenvalue weighted by molar-refractivity contribution is 5.87. The van der Waals surface area contributed by atoms with Crippen LogP contribution in [0.4, 0.5) is 5.82 Å². The second-order valence-corrected chi connectivity index (χ2v) is 8.01. The van der Waals surface area contributed by atoms with Crippen LogP contribution in [0.5, 0.6) is 0 Å². The van der Waals surface area contributed by atoms with Gasteiger partial charge in [0.05, 0.1) is 17.3 Å². The van der Waals surface area contributed by atoms with Gasteiger partial charge in [0, 0.05) is 50.7 Å². The van der Waals surface area contributed by atoms with Crippen LogP contribution in [0, 0.1) is 12.8 Å². The van der Waals surface area contributed by atoms with E-state index in [2.05, 4.69) is 25.1 Å². The fourth-order valence-electron chi connectivity index (χ4n) is 4.18. The zero-order chi connectivity index (χ0) is 21.4. The fourth-order valence-corrected chi connectivity index (χ4v) is 4.18. The zero-order valence-corrected chi connectivity index (χ0v) is 17.6. The third-order valence-corrected chi connectivity index (χ3v) is 5.87. The molecule has 1 saturated heterocycles. The minimum atomic E-state index is -0.0660. The first-order valence-corrected chi connectivity index (χ1v) is 10.5. The van der Waals surface area contributed by atoms with Crippen molar-refractivity contribution < 1.29 is 0 Å². The second-order valence-electron chi connectivity index (χ2n) is 8.01. The molecule has 158 valence electrons. The van der Waals surface area contributed by atoms with E-state index >= 15 is 0 Å². The number of piperidine rings is 1. The van der Waals surface area contributed by atoms with Gasteiger partial charge in [0.15, 0.2) is 5.65 Å². The highest BCUT2D eigenvalue weighted by Gasteiger charge is 2.24. The van der Waals surface area contributed by atoms with E-state index < -0.39 is 0 Å². The number of anilines is 1. The van der Waals surface area contributed by atoms with E-state index in [4.69, 9.17) is 4.98 Å². The van der Waals surface area contributed by atoms with Gasteiger partial charge in [-0.2, -0.15) is 10.2 Å². The van der Waals surface area contributed by atoms with Crippen molar-refractivity contribution in [3.63, 3.8) is 0 Å². The van der Waals surface area contributed by atoms with Crippen LogP contribution in [0.2, 0.25) is 0 Å². The van der Waals surface area contributed by atoms with E-state index in [9.17, 15) is 4.79 Å². The number of fused-ring (bicyclic) bond motifs is 1. The monoisotopic (exact) mass is 416 g/mol. The van der Waals surface area contributed by atoms with Crippen molar-refractivity contribution in [2.24, 2.45) is 13.0 Å². The van der Waals surface area contributed by atoms with E-state index in [1.807, 2.05) is 32.3 Å². The lowest BCUT2D eigenvalue weighted by molar-refractivity contribution is 0.335. The van der Waals surface area contributed by atoms with E-state index in [0.29, 0.717) is 12.5 Å². The molecule has 1 aliphatic heterocycles. The quantitative estimate of drug-likeness (QED) is 0.503. The molecule has 0 radical (unpaired) electrons. The Morgan fingerprint density at radius 2 is 1.84 bits per heavy atom. The lowest BCUT2D eigenvalue weighted by Gasteiger charge is -2.33. The summed E-state index contributed by atoms with van der Waals surface area (Å²) in [5.74, 6) is 2.09. The highest BCUT2D eigenvalue weighted by atomic mass is 16.1. The Bertz CT molecular complexity index is 1270. The molecule has 4 aromatic rings. The van der Waals surface area contributed by atoms with E-state index in [-0.39, 0.29) is 5.56 Å². The molecule has 0 aromatic carbocycles. The summed E-state index contributed by atoms with van der Waals surface area (Å²) < 4.78 is 3.39. The topological polar surface area (TPSA) is 94.6 Å². The normalized spacial score (nSPS) is 15.0. The van der Waals surface area contributed by atoms with Crippen LogP contribution < -0.4 is 10.5 Å². The Morgan fingerprint density at radius 3 is 2.61 bits per heavy atom. The summed E-state index contributed by atoms with van der Waals surface area (Å²) in [7, 11) is 1.90. The van der Waals surface area contributed by atoms with Crippen molar-refractivity contribution in [2.75, 3.05) is 18.0 Å². The highest BCUT2D eigenvalue weighted by Crippen LogP contribution is 2.28. The molecule has 31 heavy (non-hydrogen) atoms. The first-order chi connectivity index (χ1) is 15.1. The molecule has 5 rings (SSSR count). The molecule has 1 aliphatic rings. The van der Waals surface area contributed by atoms with Gasteiger partial charge >= 0.3 is 0 Å². The lowest BCUT2D eigenvalue weighted by Crippen LogP contribution is -2.37. The van der Waals surface area contributed by atoms with Crippen LogP contribution in [-0.4, -0.2) is 47.6 Å². The van der Waals surface area contributed by atoms with Crippen molar-refractivity contribution in [3.05, 3.63) is 59.0 Å². The molecular weight excluding hydrogens is 392 g/mol. The summed E-state index contributed by atoms with van der Waals surface area (Å²) in [6, 6.07) is 7.17. The maximum absolute atomic E-state index is 12.4. The summed E-state index contributed by atoms with van der Waals surface area (Å²) in [5, 5.41) is 9.92. The average Bonchev–Trinajstić information content (AvgIpc) is 3.16. The molecule has 0 unspecified atom stereocenters. The Hall–Kier alpha value is -3.62. The van der Waals surface area contributed by atoms with Crippen molar-refractivity contribution in [2.45, 2.75) is 26.3 Å². The van der Waals surface area contributed by atoms with Crippen LogP contribution in [0.1, 0.15) is 18.7 Å². The van der Waals surface area contributed by atoms with E-state index in [1.54, 1.807) is 33.9 Å². The van der Waals surface area contributed by atoms with Crippen molar-refractivity contribution in [1.29, 1.82) is 0 Å². The van der Waals surface area contributed by atoms with E-state index in [0.717, 1.165) is 59.9 Å². The van der Waals surface area contributed by atoms with Crippen LogP contribution in [0.25, 0.3) is 22.3 Å². The minimum absolute atomic E-state index is 0.0660. The molecule has 0 spiro atoms. The molecule has 0 bridgehead atoms. The third-order valence-electron chi connectivity index (χ3n) is 5.87. The molecule has 1 fully saturated rings. The van der Waals surface area contributed by atoms with Gasteiger partial charge in [0.25, 0.3) is 5.56 Å². The number of pyridine rings is 1. The van der Waals surface area contributed by atoms with Crippen LogP contribution >= 0.6 is 0 Å². The van der Waals surface area contributed by atoms with Crippen LogP contribution in [0.3, 0.4) is 0 Å². The maximum Gasteiger partial charge on any atom is 0.266 e. The molecule has 0 amide bonds.